The summed E-state index contributed by atoms with van der Waals surface area (Å²) in [6.07, 6.45) is 4.33. The normalized spacial score (nSPS) is 13.0. The molecule has 2 rings (SSSR count). The maximum atomic E-state index is 4.67. The third-order valence-electron chi connectivity index (χ3n) is 3.37. The molecular weight excluding hydrogens is 254 g/mol. The molecule has 0 spiro atoms. The zero-order valence-electron chi connectivity index (χ0n) is 12.0. The van der Waals surface area contributed by atoms with Crippen molar-refractivity contribution in [2.24, 2.45) is 0 Å². The molecule has 1 aromatic heterocycles. The highest BCUT2D eigenvalue weighted by Gasteiger charge is 2.05. The predicted octanol–water partition coefficient (Wildman–Crippen LogP) is 3.15. The molecule has 1 atom stereocenters. The van der Waals surface area contributed by atoms with E-state index in [2.05, 4.69) is 53.6 Å². The fraction of sp³-hybridized carbons (Fsp3) is 0.533. The number of nitrogens with zero attached hydrogens (tertiary/aromatic N) is 1. The molecule has 0 aliphatic carbocycles. The van der Waals surface area contributed by atoms with Gasteiger partial charge in [0.2, 0.25) is 0 Å². The van der Waals surface area contributed by atoms with E-state index in [-0.39, 0.29) is 0 Å². The number of para-hydroxylation sites is 1. The van der Waals surface area contributed by atoms with Crippen LogP contribution in [0.3, 0.4) is 0 Å². The summed E-state index contributed by atoms with van der Waals surface area (Å²) in [5.41, 5.74) is 3.49. The summed E-state index contributed by atoms with van der Waals surface area (Å²) >= 11 is 1.91. The quantitative estimate of drug-likeness (QED) is 0.817. The van der Waals surface area contributed by atoms with Crippen molar-refractivity contribution < 1.29 is 0 Å². The summed E-state index contributed by atoms with van der Waals surface area (Å²) in [6, 6.07) is 6.85. The van der Waals surface area contributed by atoms with Crippen molar-refractivity contribution in [3.63, 3.8) is 0 Å². The molecule has 2 N–H and O–H groups in total. The van der Waals surface area contributed by atoms with E-state index in [9.17, 15) is 0 Å². The average molecular weight is 277 g/mol. The molecule has 0 aliphatic heterocycles. The van der Waals surface area contributed by atoms with Crippen molar-refractivity contribution in [1.82, 2.24) is 15.3 Å². The lowest BCUT2D eigenvalue weighted by Crippen LogP contribution is -2.28. The largest absolute Gasteiger partial charge is 0.342 e. The third kappa shape index (κ3) is 3.98. The molecule has 1 unspecified atom stereocenters. The van der Waals surface area contributed by atoms with E-state index in [0.717, 1.165) is 29.8 Å². The number of rotatable bonds is 7. The second-order valence-electron chi connectivity index (χ2n) is 5.04. The number of hydrogen-bond donors (Lipinski definition) is 2. The summed E-state index contributed by atoms with van der Waals surface area (Å²) in [4.78, 5) is 8.07. The van der Waals surface area contributed by atoms with E-state index in [1.165, 1.54) is 17.7 Å². The number of aromatic amines is 1. The maximum Gasteiger partial charge on any atom is 0.108 e. The topological polar surface area (TPSA) is 40.7 Å². The van der Waals surface area contributed by atoms with Crippen molar-refractivity contribution in [2.45, 2.75) is 32.7 Å². The monoisotopic (exact) mass is 277 g/mol. The Bertz CT molecular complexity index is 521. The van der Waals surface area contributed by atoms with Gasteiger partial charge in [-0.3, -0.25) is 0 Å². The fourth-order valence-electron chi connectivity index (χ4n) is 2.18. The first-order chi connectivity index (χ1) is 9.20. The van der Waals surface area contributed by atoms with Gasteiger partial charge in [-0.15, -0.1) is 0 Å². The number of benzene rings is 1. The van der Waals surface area contributed by atoms with Crippen LogP contribution in [-0.2, 0) is 6.42 Å². The molecule has 1 aromatic carbocycles. The third-order valence-corrected chi connectivity index (χ3v) is 4.02. The molecule has 19 heavy (non-hydrogen) atoms. The van der Waals surface area contributed by atoms with Crippen molar-refractivity contribution in [2.75, 3.05) is 18.6 Å². The molecule has 0 saturated carbocycles. The van der Waals surface area contributed by atoms with E-state index in [0.29, 0.717) is 6.04 Å². The van der Waals surface area contributed by atoms with Gasteiger partial charge in [-0.1, -0.05) is 12.1 Å². The standard InChI is InChI=1S/C15H23N3S/c1-11-5-4-6-13-15(11)18-14(17-13)7-9-16-12(2)8-10-19-3/h4-6,12,16H,7-10H2,1-3H3,(H,17,18). The Kier molecular flexibility index (Phi) is 5.28. The molecule has 0 aliphatic rings. The molecule has 1 heterocycles. The first-order valence-corrected chi connectivity index (χ1v) is 8.26. The summed E-state index contributed by atoms with van der Waals surface area (Å²) < 4.78 is 0. The van der Waals surface area contributed by atoms with Crippen LogP contribution in [0.4, 0.5) is 0 Å². The predicted molar refractivity (Wildman–Crippen MR) is 85.0 cm³/mol. The average Bonchev–Trinajstić information content (AvgIpc) is 2.81. The Labute approximate surface area is 119 Å². The molecule has 4 heteroatoms. The lowest BCUT2D eigenvalue weighted by atomic mass is 10.2. The summed E-state index contributed by atoms with van der Waals surface area (Å²) in [6.45, 7) is 5.34. The van der Waals surface area contributed by atoms with E-state index >= 15 is 0 Å². The van der Waals surface area contributed by atoms with Gasteiger partial charge < -0.3 is 10.3 Å². The number of H-pyrrole nitrogens is 1. The van der Waals surface area contributed by atoms with Gasteiger partial charge in [0.25, 0.3) is 0 Å². The maximum absolute atomic E-state index is 4.67. The van der Waals surface area contributed by atoms with Crippen LogP contribution < -0.4 is 5.32 Å². The smallest absolute Gasteiger partial charge is 0.108 e. The van der Waals surface area contributed by atoms with Crippen LogP contribution in [0.1, 0.15) is 24.7 Å². The molecule has 0 amide bonds. The lowest BCUT2D eigenvalue weighted by molar-refractivity contribution is 0.537. The van der Waals surface area contributed by atoms with Crippen LogP contribution in [0.5, 0.6) is 0 Å². The summed E-state index contributed by atoms with van der Waals surface area (Å²) in [7, 11) is 0. The molecule has 3 nitrogen and oxygen atoms in total. The Balaban J connectivity index is 1.86. The SMILES string of the molecule is CSCCC(C)NCCc1nc2c(C)cccc2[nH]1. The summed E-state index contributed by atoms with van der Waals surface area (Å²) in [5.74, 6) is 2.30. The number of aromatic nitrogens is 2. The van der Waals surface area contributed by atoms with Gasteiger partial charge in [0.15, 0.2) is 0 Å². The molecule has 2 aromatic rings. The van der Waals surface area contributed by atoms with Crippen molar-refractivity contribution >= 4 is 22.8 Å². The Morgan fingerprint density at radius 2 is 2.26 bits per heavy atom. The van der Waals surface area contributed by atoms with Gasteiger partial charge in [0.1, 0.15) is 5.82 Å². The van der Waals surface area contributed by atoms with E-state index in [1.807, 2.05) is 11.8 Å². The zero-order chi connectivity index (χ0) is 13.7. The van der Waals surface area contributed by atoms with Crippen LogP contribution >= 0.6 is 11.8 Å². The number of aryl methyl sites for hydroxylation is 1. The van der Waals surface area contributed by atoms with E-state index in [4.69, 9.17) is 0 Å². The molecule has 0 saturated heterocycles. The second-order valence-corrected chi connectivity index (χ2v) is 6.03. The number of fused-ring (bicyclic) bond motifs is 1. The molecule has 104 valence electrons. The highest BCUT2D eigenvalue weighted by molar-refractivity contribution is 7.98. The number of hydrogen-bond acceptors (Lipinski definition) is 3. The highest BCUT2D eigenvalue weighted by atomic mass is 32.2. The van der Waals surface area contributed by atoms with Crippen molar-refractivity contribution in [1.29, 1.82) is 0 Å². The Morgan fingerprint density at radius 1 is 1.42 bits per heavy atom. The molecule has 0 bridgehead atoms. The summed E-state index contributed by atoms with van der Waals surface area (Å²) in [5, 5.41) is 3.55. The minimum atomic E-state index is 0.582. The first kappa shape index (κ1) is 14.4. The van der Waals surface area contributed by atoms with Gasteiger partial charge in [-0.25, -0.2) is 4.98 Å². The van der Waals surface area contributed by atoms with Crippen LogP contribution in [-0.4, -0.2) is 34.6 Å². The van der Waals surface area contributed by atoms with Gasteiger partial charge in [0, 0.05) is 19.0 Å². The van der Waals surface area contributed by atoms with Crippen molar-refractivity contribution in [3.8, 4) is 0 Å². The Hall–Kier alpha value is -1.00. The van der Waals surface area contributed by atoms with Crippen LogP contribution in [0.25, 0.3) is 11.0 Å². The Morgan fingerprint density at radius 3 is 3.00 bits per heavy atom. The van der Waals surface area contributed by atoms with Gasteiger partial charge >= 0.3 is 0 Å². The number of imidazole rings is 1. The van der Waals surface area contributed by atoms with Crippen LogP contribution in [0.15, 0.2) is 18.2 Å². The highest BCUT2D eigenvalue weighted by Crippen LogP contribution is 2.15. The lowest BCUT2D eigenvalue weighted by Gasteiger charge is -2.11. The second kappa shape index (κ2) is 6.96. The van der Waals surface area contributed by atoms with Crippen molar-refractivity contribution in [3.05, 3.63) is 29.6 Å². The first-order valence-electron chi connectivity index (χ1n) is 6.87. The minimum absolute atomic E-state index is 0.582. The van der Waals surface area contributed by atoms with Gasteiger partial charge in [-0.05, 0) is 43.9 Å². The van der Waals surface area contributed by atoms with Crippen LogP contribution in [0.2, 0.25) is 0 Å². The van der Waals surface area contributed by atoms with E-state index < -0.39 is 0 Å². The van der Waals surface area contributed by atoms with Gasteiger partial charge in [-0.2, -0.15) is 11.8 Å². The number of thioether (sulfide) groups is 1. The molecular formula is C15H23N3S. The molecule has 0 radical (unpaired) electrons. The minimum Gasteiger partial charge on any atom is -0.342 e. The number of nitrogens with one attached hydrogen (secondary N) is 2. The zero-order valence-corrected chi connectivity index (χ0v) is 12.8. The van der Waals surface area contributed by atoms with Crippen LogP contribution in [0, 0.1) is 6.92 Å². The molecule has 0 fully saturated rings. The van der Waals surface area contributed by atoms with E-state index in [1.54, 1.807) is 0 Å². The van der Waals surface area contributed by atoms with Gasteiger partial charge in [0.05, 0.1) is 11.0 Å². The fourth-order valence-corrected chi connectivity index (χ4v) is 2.77.